The summed E-state index contributed by atoms with van der Waals surface area (Å²) in [7, 11) is 1.73. The van der Waals surface area contributed by atoms with Crippen molar-refractivity contribution in [2.75, 3.05) is 12.4 Å². The third kappa shape index (κ3) is 3.44. The lowest BCUT2D eigenvalue weighted by atomic mass is 9.90. The molecule has 1 N–H and O–H groups in total. The molecule has 1 saturated heterocycles. The fraction of sp³-hybridized carbons (Fsp3) is 0.438. The van der Waals surface area contributed by atoms with Crippen molar-refractivity contribution >= 4 is 23.3 Å². The number of benzene rings is 1. The van der Waals surface area contributed by atoms with E-state index in [1.54, 1.807) is 19.2 Å². The molecule has 0 bridgehead atoms. The maximum absolute atomic E-state index is 10.9. The van der Waals surface area contributed by atoms with E-state index in [2.05, 4.69) is 10.3 Å². The summed E-state index contributed by atoms with van der Waals surface area (Å²) in [5, 5.41) is 13.8. The number of nitro benzene ring substituents is 1. The van der Waals surface area contributed by atoms with Crippen LogP contribution in [-0.4, -0.2) is 29.4 Å². The number of non-ortho nitro benzene ring substituents is 1. The minimum atomic E-state index is -0.453. The molecule has 0 atom stereocenters. The lowest BCUT2D eigenvalue weighted by molar-refractivity contribution is -0.384. The average Bonchev–Trinajstić information content (AvgIpc) is 2.66. The molecule has 0 aliphatic carbocycles. The molecule has 0 aromatic heterocycles. The van der Waals surface area contributed by atoms with Crippen LogP contribution < -0.4 is 5.32 Å². The Morgan fingerprint density at radius 3 is 2.35 bits per heavy atom. The summed E-state index contributed by atoms with van der Waals surface area (Å²) in [5.41, 5.74) is 0.247. The van der Waals surface area contributed by atoms with E-state index in [4.69, 9.17) is 9.47 Å². The molecule has 1 aromatic carbocycles. The van der Waals surface area contributed by atoms with E-state index in [1.165, 1.54) is 18.3 Å². The highest BCUT2D eigenvalue weighted by Crippen LogP contribution is 2.39. The Morgan fingerprint density at radius 2 is 1.83 bits per heavy atom. The highest BCUT2D eigenvalue weighted by atomic mass is 16.7. The molecule has 1 fully saturated rings. The third-order valence-electron chi connectivity index (χ3n) is 4.05. The molecular formula is C16H21N3O4. The molecule has 1 aliphatic rings. The van der Waals surface area contributed by atoms with Crippen LogP contribution >= 0.6 is 0 Å². The lowest BCUT2D eigenvalue weighted by Crippen LogP contribution is -2.41. The van der Waals surface area contributed by atoms with Crippen molar-refractivity contribution in [3.63, 3.8) is 0 Å². The molecule has 0 radical (unpaired) electrons. The minimum Gasteiger partial charge on any atom is -0.455 e. The zero-order valence-corrected chi connectivity index (χ0v) is 13.9. The first-order valence-corrected chi connectivity index (χ1v) is 7.25. The van der Waals surface area contributed by atoms with Crippen molar-refractivity contribution in [3.05, 3.63) is 40.3 Å². The highest BCUT2D eigenvalue weighted by molar-refractivity contribution is 5.79. The number of nitro groups is 1. The van der Waals surface area contributed by atoms with Crippen LogP contribution in [0.4, 0.5) is 17.1 Å². The topological polar surface area (TPSA) is 86.0 Å². The number of nitrogens with zero attached hydrogens (tertiary/aromatic N) is 2. The summed E-state index contributed by atoms with van der Waals surface area (Å²) in [4.78, 5) is 14.7. The molecule has 0 unspecified atom stereocenters. The molecule has 2 rings (SSSR count). The van der Waals surface area contributed by atoms with Crippen molar-refractivity contribution in [2.45, 2.75) is 38.9 Å². The van der Waals surface area contributed by atoms with E-state index in [0.717, 1.165) is 0 Å². The van der Waals surface area contributed by atoms with Gasteiger partial charge >= 0.3 is 0 Å². The fourth-order valence-electron chi connectivity index (χ4n) is 1.97. The molecule has 0 amide bonds. The maximum Gasteiger partial charge on any atom is 0.282 e. The second kappa shape index (κ2) is 5.91. The number of ether oxygens (including phenoxy) is 2. The summed E-state index contributed by atoms with van der Waals surface area (Å²) in [5.74, 6) is 0.375. The molecule has 7 heteroatoms. The van der Waals surface area contributed by atoms with Crippen LogP contribution in [0, 0.1) is 10.1 Å². The van der Waals surface area contributed by atoms with Crippen LogP contribution in [0.3, 0.4) is 0 Å². The molecule has 23 heavy (non-hydrogen) atoms. The van der Waals surface area contributed by atoms with Gasteiger partial charge in [-0.15, -0.1) is 0 Å². The first kappa shape index (κ1) is 16.8. The van der Waals surface area contributed by atoms with Crippen LogP contribution in [-0.2, 0) is 9.47 Å². The first-order chi connectivity index (χ1) is 10.7. The zero-order valence-electron chi connectivity index (χ0n) is 13.9. The Balaban J connectivity index is 2.23. The second-order valence-corrected chi connectivity index (χ2v) is 6.20. The van der Waals surface area contributed by atoms with Gasteiger partial charge in [0.05, 0.1) is 16.3 Å². The molecule has 124 valence electrons. The van der Waals surface area contributed by atoms with Gasteiger partial charge in [-0.3, -0.25) is 15.1 Å². The Bertz CT molecular complexity index is 660. The van der Waals surface area contributed by atoms with Gasteiger partial charge in [-0.2, -0.15) is 0 Å². The maximum atomic E-state index is 10.9. The predicted octanol–water partition coefficient (Wildman–Crippen LogP) is 3.78. The van der Waals surface area contributed by atoms with Gasteiger partial charge in [0.15, 0.2) is 0 Å². The standard InChI is InChI=1S/C16H21N3O4/c1-15(2)16(3,4)23-14(22-15)8-9-18-13-10-11(19(20)21)6-7-12(13)17-5/h6-10,17H,1-5H3. The van der Waals surface area contributed by atoms with Crippen molar-refractivity contribution in [2.24, 2.45) is 4.99 Å². The minimum absolute atomic E-state index is 0.0144. The van der Waals surface area contributed by atoms with Gasteiger partial charge in [-0.1, -0.05) is 0 Å². The van der Waals surface area contributed by atoms with Gasteiger partial charge in [-0.05, 0) is 33.8 Å². The number of hydrogen-bond donors (Lipinski definition) is 1. The summed E-state index contributed by atoms with van der Waals surface area (Å²) in [6, 6.07) is 4.45. The van der Waals surface area contributed by atoms with E-state index in [9.17, 15) is 10.1 Å². The van der Waals surface area contributed by atoms with Crippen LogP contribution in [0.2, 0.25) is 0 Å². The summed E-state index contributed by atoms with van der Waals surface area (Å²) >= 11 is 0. The summed E-state index contributed by atoms with van der Waals surface area (Å²) < 4.78 is 11.5. The van der Waals surface area contributed by atoms with Crippen molar-refractivity contribution in [1.82, 2.24) is 0 Å². The second-order valence-electron chi connectivity index (χ2n) is 6.20. The molecule has 7 nitrogen and oxygen atoms in total. The quantitative estimate of drug-likeness (QED) is 0.518. The Kier molecular flexibility index (Phi) is 4.31. The SMILES string of the molecule is CNc1ccc([N+](=O)[O-])cc1N=CC=C1OC(C)(C)C(C)(C)O1. The molecule has 0 saturated carbocycles. The molecular weight excluding hydrogens is 298 g/mol. The highest BCUT2D eigenvalue weighted by Gasteiger charge is 2.48. The van der Waals surface area contributed by atoms with Crippen molar-refractivity contribution < 1.29 is 14.4 Å². The normalized spacial score (nSPS) is 18.4. The van der Waals surface area contributed by atoms with Crippen LogP contribution in [0.5, 0.6) is 0 Å². The molecule has 1 aliphatic heterocycles. The average molecular weight is 319 g/mol. The Morgan fingerprint density at radius 1 is 1.22 bits per heavy atom. The lowest BCUT2D eigenvalue weighted by Gasteiger charge is -2.28. The largest absolute Gasteiger partial charge is 0.455 e. The Hall–Kier alpha value is -2.57. The molecule has 1 aromatic rings. The van der Waals surface area contributed by atoms with E-state index >= 15 is 0 Å². The van der Waals surface area contributed by atoms with Crippen molar-refractivity contribution in [3.8, 4) is 0 Å². The van der Waals surface area contributed by atoms with Crippen LogP contribution in [0.1, 0.15) is 27.7 Å². The van der Waals surface area contributed by atoms with Crippen LogP contribution in [0.25, 0.3) is 0 Å². The molecule has 1 heterocycles. The van der Waals surface area contributed by atoms with Crippen LogP contribution in [0.15, 0.2) is 35.2 Å². The number of aliphatic imine (C=N–C) groups is 1. The number of rotatable bonds is 4. The summed E-state index contributed by atoms with van der Waals surface area (Å²) in [6.45, 7) is 7.80. The first-order valence-electron chi connectivity index (χ1n) is 7.25. The van der Waals surface area contributed by atoms with Gasteiger partial charge in [0, 0.05) is 31.5 Å². The number of hydrogen-bond acceptors (Lipinski definition) is 6. The van der Waals surface area contributed by atoms with Gasteiger partial charge in [0.1, 0.15) is 11.2 Å². The smallest absolute Gasteiger partial charge is 0.282 e. The van der Waals surface area contributed by atoms with Crippen molar-refractivity contribution in [1.29, 1.82) is 0 Å². The molecule has 0 spiro atoms. The van der Waals surface area contributed by atoms with Gasteiger partial charge < -0.3 is 14.8 Å². The van der Waals surface area contributed by atoms with E-state index < -0.39 is 16.1 Å². The third-order valence-corrected chi connectivity index (χ3v) is 4.05. The van der Waals surface area contributed by atoms with E-state index in [0.29, 0.717) is 17.3 Å². The van der Waals surface area contributed by atoms with Gasteiger partial charge in [0.25, 0.3) is 11.6 Å². The monoisotopic (exact) mass is 319 g/mol. The van der Waals surface area contributed by atoms with E-state index in [-0.39, 0.29) is 5.69 Å². The number of nitrogens with one attached hydrogen (secondary N) is 1. The van der Waals surface area contributed by atoms with E-state index in [1.807, 2.05) is 27.7 Å². The summed E-state index contributed by atoms with van der Waals surface area (Å²) in [6.07, 6.45) is 3.11. The van der Waals surface area contributed by atoms with Gasteiger partial charge in [0.2, 0.25) is 0 Å². The van der Waals surface area contributed by atoms with Gasteiger partial charge in [-0.25, -0.2) is 0 Å². The number of anilines is 1. The fourth-order valence-corrected chi connectivity index (χ4v) is 1.97. The Labute approximate surface area is 135 Å². The number of allylic oxidation sites excluding steroid dienone is 1. The zero-order chi connectivity index (χ0) is 17.3. The predicted molar refractivity (Wildman–Crippen MR) is 89.2 cm³/mol.